The Morgan fingerprint density at radius 1 is 0.964 bits per heavy atom. The highest BCUT2D eigenvalue weighted by molar-refractivity contribution is 6.36. The molecule has 1 aliphatic heterocycles. The molecule has 3 N–H and O–H groups in total. The largest absolute Gasteiger partial charge is 0.296 e. The molecule has 2 unspecified atom stereocenters. The van der Waals surface area contributed by atoms with E-state index in [9.17, 15) is 19.2 Å². The number of hydrogen-bond donors (Lipinski definition) is 3. The van der Waals surface area contributed by atoms with Gasteiger partial charge in [-0.3, -0.25) is 35.3 Å². The first-order chi connectivity index (χ1) is 12.9. The van der Waals surface area contributed by atoms with Crippen LogP contribution in [0.25, 0.3) is 0 Å². The van der Waals surface area contributed by atoms with Crippen molar-refractivity contribution in [1.82, 2.24) is 16.2 Å². The van der Waals surface area contributed by atoms with E-state index in [1.165, 1.54) is 18.2 Å². The standard InChI is InChI=1S/C19H21Cl2N3O4/c1-17-7-18(2,15(27)22-14(17)26)9-19(3,8-17)16(28)24-23-13(25)11-5-4-10(20)6-12(11)21/h4-6H,7-9H2,1-3H3,(H,23,25)(H,24,28)(H,22,26,27). The fourth-order valence-corrected chi connectivity index (χ4v) is 5.16. The number of benzene rings is 1. The molecule has 150 valence electrons. The quantitative estimate of drug-likeness (QED) is 0.500. The SMILES string of the molecule is CC1(C(=O)NNC(=O)c2ccc(Cl)cc2Cl)CC2(C)CC(C)(C1)C(=O)NC2=O. The monoisotopic (exact) mass is 425 g/mol. The van der Waals surface area contributed by atoms with Crippen LogP contribution >= 0.6 is 23.2 Å². The molecule has 0 spiro atoms. The number of carbonyl (C=O) groups is 4. The fourth-order valence-electron chi connectivity index (χ4n) is 4.66. The molecule has 3 rings (SSSR count). The number of nitrogens with one attached hydrogen (secondary N) is 3. The number of fused-ring (bicyclic) bond motifs is 2. The maximum Gasteiger partial charge on any atom is 0.271 e. The molecule has 0 aromatic heterocycles. The van der Waals surface area contributed by atoms with Crippen LogP contribution in [0.1, 0.15) is 50.4 Å². The van der Waals surface area contributed by atoms with E-state index in [2.05, 4.69) is 16.2 Å². The predicted octanol–water partition coefficient (Wildman–Crippen LogP) is 2.61. The van der Waals surface area contributed by atoms with Gasteiger partial charge in [0.2, 0.25) is 17.7 Å². The van der Waals surface area contributed by atoms with Crippen LogP contribution in [0.5, 0.6) is 0 Å². The number of imide groups is 1. The Hall–Kier alpha value is -2.12. The van der Waals surface area contributed by atoms with Gasteiger partial charge in [0, 0.05) is 15.9 Å². The lowest BCUT2D eigenvalue weighted by Gasteiger charge is -2.53. The summed E-state index contributed by atoms with van der Waals surface area (Å²) in [4.78, 5) is 49.9. The number of rotatable bonds is 2. The molecule has 28 heavy (non-hydrogen) atoms. The molecular weight excluding hydrogens is 405 g/mol. The molecule has 2 aliphatic rings. The fraction of sp³-hybridized carbons (Fsp3) is 0.474. The van der Waals surface area contributed by atoms with Crippen LogP contribution in [0.3, 0.4) is 0 Å². The van der Waals surface area contributed by atoms with Crippen molar-refractivity contribution in [2.75, 3.05) is 0 Å². The third kappa shape index (κ3) is 3.49. The van der Waals surface area contributed by atoms with E-state index in [0.717, 1.165) is 0 Å². The van der Waals surface area contributed by atoms with Crippen LogP contribution in [0.15, 0.2) is 18.2 Å². The van der Waals surface area contributed by atoms with Gasteiger partial charge in [-0.15, -0.1) is 0 Å². The number of hydrazine groups is 1. The zero-order valence-electron chi connectivity index (χ0n) is 15.7. The third-order valence-corrected chi connectivity index (χ3v) is 6.23. The van der Waals surface area contributed by atoms with Crippen LogP contribution in [0, 0.1) is 16.2 Å². The second kappa shape index (κ2) is 6.74. The molecule has 0 radical (unpaired) electrons. The molecule has 1 aromatic carbocycles. The van der Waals surface area contributed by atoms with Gasteiger partial charge in [0.25, 0.3) is 5.91 Å². The summed E-state index contributed by atoms with van der Waals surface area (Å²) in [6.45, 7) is 5.21. The Morgan fingerprint density at radius 3 is 2.07 bits per heavy atom. The lowest BCUT2D eigenvalue weighted by Crippen LogP contribution is -2.64. The normalized spacial score (nSPS) is 31.8. The third-order valence-electron chi connectivity index (χ3n) is 5.68. The molecule has 7 nitrogen and oxygen atoms in total. The van der Waals surface area contributed by atoms with Crippen molar-refractivity contribution < 1.29 is 19.2 Å². The molecule has 1 aliphatic carbocycles. The number of carbonyl (C=O) groups excluding carboxylic acids is 4. The summed E-state index contributed by atoms with van der Waals surface area (Å²) in [5.41, 5.74) is 2.23. The van der Waals surface area contributed by atoms with Crippen molar-refractivity contribution in [2.24, 2.45) is 16.2 Å². The van der Waals surface area contributed by atoms with Crippen LogP contribution in [0.2, 0.25) is 10.0 Å². The van der Waals surface area contributed by atoms with Crippen LogP contribution in [0.4, 0.5) is 0 Å². The molecule has 9 heteroatoms. The van der Waals surface area contributed by atoms with E-state index < -0.39 is 28.1 Å². The molecule has 2 atom stereocenters. The number of amides is 4. The van der Waals surface area contributed by atoms with Crippen molar-refractivity contribution in [3.05, 3.63) is 33.8 Å². The van der Waals surface area contributed by atoms with E-state index >= 15 is 0 Å². The van der Waals surface area contributed by atoms with Gasteiger partial charge in [0.15, 0.2) is 0 Å². The van der Waals surface area contributed by atoms with Crippen molar-refractivity contribution in [1.29, 1.82) is 0 Å². The Morgan fingerprint density at radius 2 is 1.54 bits per heavy atom. The Labute approximate surface area is 172 Å². The Balaban J connectivity index is 1.75. The van der Waals surface area contributed by atoms with Crippen LogP contribution in [-0.2, 0) is 14.4 Å². The highest BCUT2D eigenvalue weighted by atomic mass is 35.5. The summed E-state index contributed by atoms with van der Waals surface area (Å²) >= 11 is 11.8. The number of halogens is 2. The van der Waals surface area contributed by atoms with Gasteiger partial charge in [-0.2, -0.15) is 0 Å². The average molecular weight is 426 g/mol. The van der Waals surface area contributed by atoms with Crippen molar-refractivity contribution in [3.63, 3.8) is 0 Å². The number of piperidine rings is 1. The van der Waals surface area contributed by atoms with Gasteiger partial charge in [-0.25, -0.2) is 0 Å². The smallest absolute Gasteiger partial charge is 0.271 e. The summed E-state index contributed by atoms with van der Waals surface area (Å²) in [7, 11) is 0. The van der Waals surface area contributed by atoms with Gasteiger partial charge in [-0.05, 0) is 37.5 Å². The molecule has 2 fully saturated rings. The summed E-state index contributed by atoms with van der Waals surface area (Å²) in [5, 5.41) is 2.95. The topological polar surface area (TPSA) is 104 Å². The van der Waals surface area contributed by atoms with Crippen LogP contribution in [-0.4, -0.2) is 23.6 Å². The first kappa shape index (κ1) is 20.6. The van der Waals surface area contributed by atoms with E-state index in [4.69, 9.17) is 23.2 Å². The van der Waals surface area contributed by atoms with Gasteiger partial charge < -0.3 is 0 Å². The highest BCUT2D eigenvalue weighted by Crippen LogP contribution is 2.56. The molecular formula is C19H21Cl2N3O4. The molecule has 1 heterocycles. The van der Waals surface area contributed by atoms with E-state index in [0.29, 0.717) is 11.4 Å². The Bertz CT molecular complexity index is 875. The minimum Gasteiger partial charge on any atom is -0.296 e. The first-order valence-corrected chi connectivity index (χ1v) is 9.56. The summed E-state index contributed by atoms with van der Waals surface area (Å²) in [6, 6.07) is 4.39. The van der Waals surface area contributed by atoms with Gasteiger partial charge in [0.1, 0.15) is 0 Å². The lowest BCUT2D eigenvalue weighted by molar-refractivity contribution is -0.164. The summed E-state index contributed by atoms with van der Waals surface area (Å²) in [6.07, 6.45) is 0.913. The molecule has 1 saturated carbocycles. The Kier molecular flexibility index (Phi) is 4.96. The average Bonchev–Trinajstić information content (AvgIpc) is 2.57. The van der Waals surface area contributed by atoms with Crippen molar-refractivity contribution in [2.45, 2.75) is 40.0 Å². The van der Waals surface area contributed by atoms with Gasteiger partial charge >= 0.3 is 0 Å². The zero-order chi connectivity index (χ0) is 20.9. The first-order valence-electron chi connectivity index (χ1n) is 8.80. The van der Waals surface area contributed by atoms with Crippen molar-refractivity contribution in [3.8, 4) is 0 Å². The number of hydrogen-bond acceptors (Lipinski definition) is 4. The zero-order valence-corrected chi connectivity index (χ0v) is 17.3. The van der Waals surface area contributed by atoms with E-state index in [1.54, 1.807) is 20.8 Å². The van der Waals surface area contributed by atoms with E-state index in [1.807, 2.05) is 0 Å². The molecule has 1 aromatic rings. The minimum atomic E-state index is -1.01. The van der Waals surface area contributed by atoms with Crippen LogP contribution < -0.4 is 16.2 Å². The molecule has 2 bridgehead atoms. The summed E-state index contributed by atoms with van der Waals surface area (Å²) in [5.74, 6) is -1.80. The van der Waals surface area contributed by atoms with E-state index in [-0.39, 0.29) is 35.2 Å². The minimum absolute atomic E-state index is 0.153. The molecule has 1 saturated heterocycles. The second-order valence-electron chi connectivity index (χ2n) is 8.53. The van der Waals surface area contributed by atoms with Crippen molar-refractivity contribution >= 4 is 46.8 Å². The highest BCUT2D eigenvalue weighted by Gasteiger charge is 2.60. The van der Waals surface area contributed by atoms with Gasteiger partial charge in [-0.1, -0.05) is 44.0 Å². The maximum absolute atomic E-state index is 12.9. The van der Waals surface area contributed by atoms with Gasteiger partial charge in [0.05, 0.1) is 16.0 Å². The summed E-state index contributed by atoms with van der Waals surface area (Å²) < 4.78 is 0. The maximum atomic E-state index is 12.9. The predicted molar refractivity (Wildman–Crippen MR) is 103 cm³/mol. The lowest BCUT2D eigenvalue weighted by atomic mass is 9.52. The molecule has 4 amide bonds. The second-order valence-corrected chi connectivity index (χ2v) is 9.37.